The molecule has 4 heteroatoms. The first kappa shape index (κ1) is 19.6. The first-order valence-electron chi connectivity index (χ1n) is 9.97. The smallest absolute Gasteiger partial charge is 0.227 e. The second-order valence-corrected chi connectivity index (χ2v) is 7.49. The van der Waals surface area contributed by atoms with Crippen LogP contribution in [0.5, 0.6) is 0 Å². The van der Waals surface area contributed by atoms with Crippen molar-refractivity contribution in [3.63, 3.8) is 0 Å². The van der Waals surface area contributed by atoms with Crippen molar-refractivity contribution >= 4 is 5.91 Å². The molecule has 1 saturated heterocycles. The molecule has 0 spiro atoms. The molecule has 1 fully saturated rings. The van der Waals surface area contributed by atoms with E-state index >= 15 is 0 Å². The number of likely N-dealkylation sites (N-methyl/N-ethyl adjacent to an activating group) is 1. The SMILES string of the molecule is CC[C@@H](C(=O)NCc1ccc(CN2CCN(C)CC2)cc1)c1ccccc1. The minimum absolute atomic E-state index is 0.0808. The molecule has 0 unspecified atom stereocenters. The van der Waals surface area contributed by atoms with Gasteiger partial charge in [0, 0.05) is 39.3 Å². The summed E-state index contributed by atoms with van der Waals surface area (Å²) in [4.78, 5) is 17.5. The molecule has 1 heterocycles. The van der Waals surface area contributed by atoms with Gasteiger partial charge in [0.15, 0.2) is 0 Å². The number of nitrogens with one attached hydrogen (secondary N) is 1. The predicted octanol–water partition coefficient (Wildman–Crippen LogP) is 3.24. The van der Waals surface area contributed by atoms with Crippen LogP contribution in [0.15, 0.2) is 54.6 Å². The minimum atomic E-state index is -0.0808. The molecule has 144 valence electrons. The van der Waals surface area contributed by atoms with Crippen molar-refractivity contribution in [1.29, 1.82) is 0 Å². The zero-order valence-corrected chi connectivity index (χ0v) is 16.5. The number of rotatable bonds is 7. The normalized spacial score (nSPS) is 16.8. The van der Waals surface area contributed by atoms with Crippen LogP contribution in [0, 0.1) is 0 Å². The Bertz CT molecular complexity index is 706. The Morgan fingerprint density at radius 3 is 2.22 bits per heavy atom. The van der Waals surface area contributed by atoms with Gasteiger partial charge in [0.2, 0.25) is 5.91 Å². The number of hydrogen-bond acceptors (Lipinski definition) is 3. The molecule has 2 aromatic rings. The van der Waals surface area contributed by atoms with E-state index in [1.165, 1.54) is 5.56 Å². The van der Waals surface area contributed by atoms with Crippen LogP contribution < -0.4 is 5.32 Å². The molecule has 1 aliphatic heterocycles. The third-order valence-corrected chi connectivity index (χ3v) is 5.42. The van der Waals surface area contributed by atoms with Gasteiger partial charge in [-0.25, -0.2) is 0 Å². The van der Waals surface area contributed by atoms with E-state index in [4.69, 9.17) is 0 Å². The van der Waals surface area contributed by atoms with Crippen LogP contribution in [-0.4, -0.2) is 48.9 Å². The third kappa shape index (κ3) is 5.65. The van der Waals surface area contributed by atoms with Gasteiger partial charge < -0.3 is 10.2 Å². The van der Waals surface area contributed by atoms with Gasteiger partial charge in [-0.15, -0.1) is 0 Å². The van der Waals surface area contributed by atoms with Crippen LogP contribution in [0.2, 0.25) is 0 Å². The zero-order valence-electron chi connectivity index (χ0n) is 16.5. The molecule has 1 atom stereocenters. The summed E-state index contributed by atoms with van der Waals surface area (Å²) >= 11 is 0. The maximum Gasteiger partial charge on any atom is 0.227 e. The summed E-state index contributed by atoms with van der Waals surface area (Å²) in [7, 11) is 2.18. The molecule has 2 aromatic carbocycles. The second kappa shape index (κ2) is 9.67. The molecule has 3 rings (SSSR count). The highest BCUT2D eigenvalue weighted by molar-refractivity contribution is 5.83. The van der Waals surface area contributed by atoms with E-state index < -0.39 is 0 Å². The van der Waals surface area contributed by atoms with Crippen molar-refractivity contribution < 1.29 is 4.79 Å². The summed E-state index contributed by atoms with van der Waals surface area (Å²) in [5, 5.41) is 3.10. The largest absolute Gasteiger partial charge is 0.351 e. The molecule has 1 N–H and O–H groups in total. The van der Waals surface area contributed by atoms with E-state index in [-0.39, 0.29) is 11.8 Å². The highest BCUT2D eigenvalue weighted by Gasteiger charge is 2.18. The van der Waals surface area contributed by atoms with Gasteiger partial charge in [0.05, 0.1) is 5.92 Å². The average Bonchev–Trinajstić information content (AvgIpc) is 2.70. The fourth-order valence-corrected chi connectivity index (χ4v) is 3.60. The molecular weight excluding hydrogens is 334 g/mol. The highest BCUT2D eigenvalue weighted by atomic mass is 16.1. The predicted molar refractivity (Wildman–Crippen MR) is 111 cm³/mol. The number of carbonyl (C=O) groups is 1. The molecule has 1 amide bonds. The lowest BCUT2D eigenvalue weighted by Gasteiger charge is -2.32. The van der Waals surface area contributed by atoms with E-state index in [1.807, 2.05) is 30.3 Å². The first-order chi connectivity index (χ1) is 13.2. The summed E-state index contributed by atoms with van der Waals surface area (Å²) in [6, 6.07) is 18.7. The Labute approximate surface area is 163 Å². The third-order valence-electron chi connectivity index (χ3n) is 5.42. The van der Waals surface area contributed by atoms with Gasteiger partial charge in [0.1, 0.15) is 0 Å². The standard InChI is InChI=1S/C23H31N3O/c1-3-22(21-7-5-4-6-8-21)23(27)24-17-19-9-11-20(12-10-19)18-26-15-13-25(2)14-16-26/h4-12,22H,3,13-18H2,1-2H3,(H,24,27)/t22-/m1/s1. The Kier molecular flexibility index (Phi) is 7.02. The lowest BCUT2D eigenvalue weighted by molar-refractivity contribution is -0.122. The number of benzene rings is 2. The Morgan fingerprint density at radius 2 is 1.59 bits per heavy atom. The number of piperazine rings is 1. The Morgan fingerprint density at radius 1 is 0.963 bits per heavy atom. The van der Waals surface area contributed by atoms with Crippen LogP contribution in [0.25, 0.3) is 0 Å². The van der Waals surface area contributed by atoms with Gasteiger partial charge in [-0.05, 0) is 30.2 Å². The second-order valence-electron chi connectivity index (χ2n) is 7.49. The lowest BCUT2D eigenvalue weighted by atomic mass is 9.95. The molecule has 4 nitrogen and oxygen atoms in total. The van der Waals surface area contributed by atoms with E-state index in [0.717, 1.165) is 50.3 Å². The molecule has 0 aliphatic carbocycles. The maximum atomic E-state index is 12.6. The Balaban J connectivity index is 1.50. The van der Waals surface area contributed by atoms with E-state index in [2.05, 4.69) is 53.4 Å². The molecule has 0 aromatic heterocycles. The van der Waals surface area contributed by atoms with Crippen LogP contribution >= 0.6 is 0 Å². The zero-order chi connectivity index (χ0) is 19.1. The summed E-state index contributed by atoms with van der Waals surface area (Å²) < 4.78 is 0. The minimum Gasteiger partial charge on any atom is -0.351 e. The topological polar surface area (TPSA) is 35.6 Å². The fourth-order valence-electron chi connectivity index (χ4n) is 3.60. The van der Waals surface area contributed by atoms with E-state index in [1.54, 1.807) is 0 Å². The van der Waals surface area contributed by atoms with Crippen molar-refractivity contribution in [2.75, 3.05) is 33.2 Å². The first-order valence-corrected chi connectivity index (χ1v) is 9.97. The molecule has 1 aliphatic rings. The van der Waals surface area contributed by atoms with Crippen LogP contribution in [0.4, 0.5) is 0 Å². The molecular formula is C23H31N3O. The van der Waals surface area contributed by atoms with Gasteiger partial charge in [-0.2, -0.15) is 0 Å². The number of nitrogens with zero attached hydrogens (tertiary/aromatic N) is 2. The molecule has 0 saturated carbocycles. The van der Waals surface area contributed by atoms with Crippen molar-refractivity contribution in [1.82, 2.24) is 15.1 Å². The summed E-state index contributed by atoms with van der Waals surface area (Å²) in [5.41, 5.74) is 3.57. The van der Waals surface area contributed by atoms with E-state index in [9.17, 15) is 4.79 Å². The average molecular weight is 366 g/mol. The lowest BCUT2D eigenvalue weighted by Crippen LogP contribution is -2.43. The summed E-state index contributed by atoms with van der Waals surface area (Å²) in [6.45, 7) is 8.19. The Hall–Kier alpha value is -2.17. The van der Waals surface area contributed by atoms with Gasteiger partial charge >= 0.3 is 0 Å². The summed E-state index contributed by atoms with van der Waals surface area (Å²) in [5.74, 6) is 0.0212. The van der Waals surface area contributed by atoms with Crippen molar-refractivity contribution in [2.24, 2.45) is 0 Å². The molecule has 27 heavy (non-hydrogen) atoms. The molecule has 0 radical (unpaired) electrons. The van der Waals surface area contributed by atoms with Crippen LogP contribution in [0.1, 0.15) is 36.0 Å². The van der Waals surface area contributed by atoms with E-state index in [0.29, 0.717) is 6.54 Å². The van der Waals surface area contributed by atoms with Crippen LogP contribution in [0.3, 0.4) is 0 Å². The number of carbonyl (C=O) groups excluding carboxylic acids is 1. The van der Waals surface area contributed by atoms with Gasteiger partial charge in [-0.3, -0.25) is 9.69 Å². The van der Waals surface area contributed by atoms with Gasteiger partial charge in [0.25, 0.3) is 0 Å². The maximum absolute atomic E-state index is 12.6. The number of hydrogen-bond donors (Lipinski definition) is 1. The van der Waals surface area contributed by atoms with Crippen molar-refractivity contribution in [2.45, 2.75) is 32.4 Å². The number of amides is 1. The monoisotopic (exact) mass is 365 g/mol. The highest BCUT2D eigenvalue weighted by Crippen LogP contribution is 2.19. The van der Waals surface area contributed by atoms with Crippen molar-refractivity contribution in [3.05, 3.63) is 71.3 Å². The molecule has 0 bridgehead atoms. The van der Waals surface area contributed by atoms with Crippen molar-refractivity contribution in [3.8, 4) is 0 Å². The summed E-state index contributed by atoms with van der Waals surface area (Å²) in [6.07, 6.45) is 0.805. The van der Waals surface area contributed by atoms with Gasteiger partial charge in [-0.1, -0.05) is 61.5 Å². The quantitative estimate of drug-likeness (QED) is 0.818. The fraction of sp³-hybridized carbons (Fsp3) is 0.435. The van der Waals surface area contributed by atoms with Crippen LogP contribution in [-0.2, 0) is 17.9 Å².